The highest BCUT2D eigenvalue weighted by molar-refractivity contribution is 5.94. The normalized spacial score (nSPS) is 24.0. The SMILES string of the molecule is CCOC(=O)CC(=O)NC1(C)CCCCC1c1ccc(O)cc1. The van der Waals surface area contributed by atoms with Crippen molar-refractivity contribution in [3.8, 4) is 5.75 Å². The van der Waals surface area contributed by atoms with Crippen LogP contribution in [0.5, 0.6) is 5.75 Å². The zero-order valence-corrected chi connectivity index (χ0v) is 13.8. The van der Waals surface area contributed by atoms with Crippen LogP contribution in [-0.4, -0.2) is 29.1 Å². The lowest BCUT2D eigenvalue weighted by Crippen LogP contribution is -2.52. The molecule has 1 aromatic rings. The van der Waals surface area contributed by atoms with Gasteiger partial charge in [-0.2, -0.15) is 0 Å². The van der Waals surface area contributed by atoms with Gasteiger partial charge < -0.3 is 15.2 Å². The molecule has 1 aliphatic carbocycles. The van der Waals surface area contributed by atoms with Crippen LogP contribution < -0.4 is 5.32 Å². The fourth-order valence-electron chi connectivity index (χ4n) is 3.43. The highest BCUT2D eigenvalue weighted by atomic mass is 16.5. The fraction of sp³-hybridized carbons (Fsp3) is 0.556. The minimum absolute atomic E-state index is 0.169. The smallest absolute Gasteiger partial charge is 0.315 e. The zero-order valence-electron chi connectivity index (χ0n) is 13.8. The molecule has 0 aliphatic heterocycles. The standard InChI is InChI=1S/C18H25NO4/c1-3-23-17(22)12-16(21)19-18(2)11-5-4-6-15(18)13-7-9-14(20)10-8-13/h7-10,15,20H,3-6,11-12H2,1-2H3,(H,19,21). The van der Waals surface area contributed by atoms with Crippen molar-refractivity contribution in [2.75, 3.05) is 6.61 Å². The summed E-state index contributed by atoms with van der Waals surface area (Å²) in [5.41, 5.74) is 0.708. The van der Waals surface area contributed by atoms with Crippen LogP contribution in [0.2, 0.25) is 0 Å². The van der Waals surface area contributed by atoms with Gasteiger partial charge in [0.25, 0.3) is 0 Å². The molecule has 1 saturated carbocycles. The van der Waals surface area contributed by atoms with Gasteiger partial charge in [-0.3, -0.25) is 9.59 Å². The fourth-order valence-corrected chi connectivity index (χ4v) is 3.43. The summed E-state index contributed by atoms with van der Waals surface area (Å²) in [4.78, 5) is 23.7. The first-order valence-electron chi connectivity index (χ1n) is 8.20. The first-order chi connectivity index (χ1) is 10.9. The number of phenols is 1. The molecule has 0 spiro atoms. The Kier molecular flexibility index (Phi) is 5.64. The molecule has 1 fully saturated rings. The van der Waals surface area contributed by atoms with E-state index in [1.54, 1.807) is 19.1 Å². The Bertz CT molecular complexity index is 555. The van der Waals surface area contributed by atoms with Crippen molar-refractivity contribution in [2.45, 2.75) is 57.4 Å². The number of carbonyl (C=O) groups is 2. The van der Waals surface area contributed by atoms with Crippen molar-refractivity contribution in [3.05, 3.63) is 29.8 Å². The second-order valence-corrected chi connectivity index (χ2v) is 6.34. The monoisotopic (exact) mass is 319 g/mol. The van der Waals surface area contributed by atoms with E-state index in [4.69, 9.17) is 4.74 Å². The van der Waals surface area contributed by atoms with Crippen molar-refractivity contribution < 1.29 is 19.4 Å². The Hall–Kier alpha value is -2.04. The summed E-state index contributed by atoms with van der Waals surface area (Å²) in [7, 11) is 0. The quantitative estimate of drug-likeness (QED) is 0.646. The van der Waals surface area contributed by atoms with Crippen molar-refractivity contribution in [1.29, 1.82) is 0 Å². The first kappa shape index (κ1) is 17.3. The van der Waals surface area contributed by atoms with Gasteiger partial charge in [-0.15, -0.1) is 0 Å². The van der Waals surface area contributed by atoms with Crippen LogP contribution in [0.15, 0.2) is 24.3 Å². The summed E-state index contributed by atoms with van der Waals surface area (Å²) in [5.74, 6) is -0.386. The summed E-state index contributed by atoms with van der Waals surface area (Å²) >= 11 is 0. The summed E-state index contributed by atoms with van der Waals surface area (Å²) in [6.07, 6.45) is 3.75. The van der Waals surface area contributed by atoms with Crippen molar-refractivity contribution in [3.63, 3.8) is 0 Å². The summed E-state index contributed by atoms with van der Waals surface area (Å²) in [5, 5.41) is 12.5. The number of phenolic OH excluding ortho intramolecular Hbond substituents is 1. The Morgan fingerprint density at radius 1 is 1.30 bits per heavy atom. The molecule has 0 aromatic heterocycles. The number of esters is 1. The average molecular weight is 319 g/mol. The van der Waals surface area contributed by atoms with E-state index in [2.05, 4.69) is 5.32 Å². The third kappa shape index (κ3) is 4.47. The van der Waals surface area contributed by atoms with Crippen LogP contribution in [0.25, 0.3) is 0 Å². The van der Waals surface area contributed by atoms with E-state index >= 15 is 0 Å². The molecule has 0 saturated heterocycles. The molecule has 5 heteroatoms. The second kappa shape index (κ2) is 7.49. The van der Waals surface area contributed by atoms with Crippen molar-refractivity contribution in [1.82, 2.24) is 5.32 Å². The number of carbonyl (C=O) groups excluding carboxylic acids is 2. The lowest BCUT2D eigenvalue weighted by Gasteiger charge is -2.42. The Morgan fingerprint density at radius 3 is 2.65 bits per heavy atom. The molecule has 5 nitrogen and oxygen atoms in total. The topological polar surface area (TPSA) is 75.6 Å². The maximum absolute atomic E-state index is 12.2. The van der Waals surface area contributed by atoms with Gasteiger partial charge in [-0.05, 0) is 44.4 Å². The van der Waals surface area contributed by atoms with Gasteiger partial charge in [0.15, 0.2) is 0 Å². The second-order valence-electron chi connectivity index (χ2n) is 6.34. The molecule has 2 atom stereocenters. The molecule has 0 bridgehead atoms. The summed E-state index contributed by atoms with van der Waals surface area (Å²) in [6.45, 7) is 4.03. The molecule has 0 radical (unpaired) electrons. The number of ether oxygens (including phenoxy) is 1. The minimum Gasteiger partial charge on any atom is -0.508 e. The summed E-state index contributed by atoms with van der Waals surface area (Å²) < 4.78 is 4.83. The third-order valence-corrected chi connectivity index (χ3v) is 4.54. The molecule has 2 unspecified atom stereocenters. The number of aromatic hydroxyl groups is 1. The number of hydrogen-bond acceptors (Lipinski definition) is 4. The number of hydrogen-bond donors (Lipinski definition) is 2. The predicted octanol–water partition coefficient (Wildman–Crippen LogP) is 2.88. The molecular formula is C18H25NO4. The average Bonchev–Trinajstić information content (AvgIpc) is 2.48. The highest BCUT2D eigenvalue weighted by Gasteiger charge is 2.38. The van der Waals surface area contributed by atoms with Crippen LogP contribution in [0.1, 0.15) is 57.4 Å². The zero-order chi connectivity index (χ0) is 16.9. The first-order valence-corrected chi connectivity index (χ1v) is 8.20. The van der Waals surface area contributed by atoms with E-state index in [-0.39, 0.29) is 30.6 Å². The molecule has 1 amide bonds. The van der Waals surface area contributed by atoms with Gasteiger partial charge in [0.2, 0.25) is 5.91 Å². The van der Waals surface area contributed by atoms with E-state index in [1.807, 2.05) is 19.1 Å². The van der Waals surface area contributed by atoms with Gasteiger partial charge in [0.1, 0.15) is 12.2 Å². The number of rotatable bonds is 5. The highest BCUT2D eigenvalue weighted by Crippen LogP contribution is 2.41. The lowest BCUT2D eigenvalue weighted by molar-refractivity contribution is -0.146. The molecule has 23 heavy (non-hydrogen) atoms. The van der Waals surface area contributed by atoms with Crippen LogP contribution >= 0.6 is 0 Å². The van der Waals surface area contributed by atoms with Gasteiger partial charge in [0.05, 0.1) is 6.61 Å². The van der Waals surface area contributed by atoms with E-state index in [0.29, 0.717) is 0 Å². The van der Waals surface area contributed by atoms with Gasteiger partial charge in [0, 0.05) is 11.5 Å². The van der Waals surface area contributed by atoms with Gasteiger partial charge in [-0.1, -0.05) is 25.0 Å². The molecule has 1 aliphatic rings. The third-order valence-electron chi connectivity index (χ3n) is 4.54. The van der Waals surface area contributed by atoms with E-state index in [9.17, 15) is 14.7 Å². The molecule has 2 N–H and O–H groups in total. The van der Waals surface area contributed by atoms with Crippen molar-refractivity contribution in [2.24, 2.45) is 0 Å². The molecular weight excluding hydrogens is 294 g/mol. The minimum atomic E-state index is -0.495. The number of nitrogens with one attached hydrogen (secondary N) is 1. The van der Waals surface area contributed by atoms with E-state index in [0.717, 1.165) is 31.2 Å². The van der Waals surface area contributed by atoms with Crippen LogP contribution in [0, 0.1) is 0 Å². The van der Waals surface area contributed by atoms with E-state index < -0.39 is 11.5 Å². The van der Waals surface area contributed by atoms with Crippen molar-refractivity contribution >= 4 is 11.9 Å². The Morgan fingerprint density at radius 2 is 2.00 bits per heavy atom. The molecule has 126 valence electrons. The lowest BCUT2D eigenvalue weighted by atomic mass is 9.70. The van der Waals surface area contributed by atoms with Gasteiger partial charge in [-0.25, -0.2) is 0 Å². The van der Waals surface area contributed by atoms with Crippen LogP contribution in [0.4, 0.5) is 0 Å². The molecule has 1 aromatic carbocycles. The summed E-state index contributed by atoms with van der Waals surface area (Å²) in [6, 6.07) is 7.15. The van der Waals surface area contributed by atoms with Gasteiger partial charge >= 0.3 is 5.97 Å². The maximum Gasteiger partial charge on any atom is 0.315 e. The largest absolute Gasteiger partial charge is 0.508 e. The van der Waals surface area contributed by atoms with E-state index in [1.165, 1.54) is 0 Å². The molecule has 2 rings (SSSR count). The Balaban J connectivity index is 2.10. The van der Waals surface area contributed by atoms with Crippen LogP contribution in [0.3, 0.4) is 0 Å². The number of benzene rings is 1. The maximum atomic E-state index is 12.2. The predicted molar refractivity (Wildman–Crippen MR) is 87.1 cm³/mol. The number of amides is 1. The Labute approximate surface area is 137 Å². The molecule has 0 heterocycles. The van der Waals surface area contributed by atoms with Crippen LogP contribution in [-0.2, 0) is 14.3 Å².